The molecule has 1 aromatic heterocycles. The minimum absolute atomic E-state index is 0.0176. The molecule has 2 unspecified atom stereocenters. The van der Waals surface area contributed by atoms with E-state index in [4.69, 9.17) is 4.42 Å². The lowest BCUT2D eigenvalue weighted by atomic mass is 10.1. The molecule has 0 saturated heterocycles. The number of alkyl halides is 2. The van der Waals surface area contributed by atoms with E-state index in [0.29, 0.717) is 0 Å². The Hall–Kier alpha value is -2.77. The van der Waals surface area contributed by atoms with Gasteiger partial charge < -0.3 is 15.1 Å². The fourth-order valence-corrected chi connectivity index (χ4v) is 2.23. The van der Waals surface area contributed by atoms with Gasteiger partial charge in [0.2, 0.25) is 0 Å². The van der Waals surface area contributed by atoms with Gasteiger partial charge in [0.15, 0.2) is 18.1 Å². The monoisotopic (exact) mass is 366 g/mol. The number of carbonyl (C=O) groups is 3. The van der Waals surface area contributed by atoms with Crippen LogP contribution in [0.5, 0.6) is 0 Å². The van der Waals surface area contributed by atoms with Crippen LogP contribution in [0.4, 0.5) is 8.78 Å². The smallest absolute Gasteiger partial charge is 0.296 e. The molecule has 2 amide bonds. The number of amides is 2. The molecule has 140 valence electrons. The summed E-state index contributed by atoms with van der Waals surface area (Å²) in [6.45, 7) is 6.61. The molecule has 0 fully saturated rings. The normalized spacial score (nSPS) is 19.7. The molecule has 0 saturated carbocycles. The lowest BCUT2D eigenvalue weighted by Gasteiger charge is -2.19. The highest BCUT2D eigenvalue weighted by molar-refractivity contribution is 6.42. The van der Waals surface area contributed by atoms with Gasteiger partial charge in [0.1, 0.15) is 5.76 Å². The van der Waals surface area contributed by atoms with Crippen LogP contribution in [-0.4, -0.2) is 35.5 Å². The van der Waals surface area contributed by atoms with E-state index in [-0.39, 0.29) is 22.8 Å². The van der Waals surface area contributed by atoms with Crippen LogP contribution in [0.2, 0.25) is 0 Å². The maximum absolute atomic E-state index is 13.3. The molecule has 2 rings (SSSR count). The molecule has 1 heterocycles. The second-order valence-corrected chi connectivity index (χ2v) is 6.94. The van der Waals surface area contributed by atoms with Crippen LogP contribution in [0.1, 0.15) is 47.4 Å². The fraction of sp³-hybridized carbons (Fsp3) is 0.389. The average molecular weight is 366 g/mol. The summed E-state index contributed by atoms with van der Waals surface area (Å²) < 4.78 is 31.6. The van der Waals surface area contributed by atoms with E-state index >= 15 is 0 Å². The first-order valence-electron chi connectivity index (χ1n) is 7.95. The number of furan rings is 1. The van der Waals surface area contributed by atoms with Crippen molar-refractivity contribution in [1.29, 1.82) is 0 Å². The molecule has 2 atom stereocenters. The Kier molecular flexibility index (Phi) is 5.44. The van der Waals surface area contributed by atoms with Crippen LogP contribution in [0.3, 0.4) is 0 Å². The average Bonchev–Trinajstić information content (AvgIpc) is 2.90. The lowest BCUT2D eigenvalue weighted by molar-refractivity contribution is -0.118. The minimum atomic E-state index is -1.85. The molecular formula is C18H20F2N2O4. The van der Waals surface area contributed by atoms with Gasteiger partial charge in [-0.05, 0) is 45.9 Å². The molecule has 26 heavy (non-hydrogen) atoms. The third kappa shape index (κ3) is 4.65. The summed E-state index contributed by atoms with van der Waals surface area (Å²) in [6.07, 6.45) is -0.415. The number of hydrogen-bond donors (Lipinski definition) is 2. The molecule has 1 aromatic rings. The highest BCUT2D eigenvalue weighted by Gasteiger charge is 2.27. The largest absolute Gasteiger partial charge is 0.457 e. The Labute approximate surface area is 149 Å². The number of allylic oxidation sites excluding steroid dienone is 3. The van der Waals surface area contributed by atoms with E-state index in [1.54, 1.807) is 20.8 Å². The van der Waals surface area contributed by atoms with Gasteiger partial charge in [-0.3, -0.25) is 14.4 Å². The molecule has 2 N–H and O–H groups in total. The van der Waals surface area contributed by atoms with E-state index in [1.165, 1.54) is 13.0 Å². The van der Waals surface area contributed by atoms with E-state index < -0.39 is 35.5 Å². The van der Waals surface area contributed by atoms with Crippen LogP contribution in [-0.2, 0) is 4.79 Å². The molecule has 8 heteroatoms. The highest BCUT2D eigenvalue weighted by Crippen LogP contribution is 2.19. The topological polar surface area (TPSA) is 88.4 Å². The standard InChI is InChI=1S/C18H20F2N2O4/c1-9-11(16(24)21-10-5-6-12(19)13(20)7-10)8-14(26-9)15(23)17(25)22-18(2,3)4/h5-8,12-13H,1-4H3,(H,21,24)(H,22,25). The molecule has 0 spiro atoms. The summed E-state index contributed by atoms with van der Waals surface area (Å²) in [5.41, 5.74) is -0.495. The van der Waals surface area contributed by atoms with Crippen molar-refractivity contribution in [2.45, 2.75) is 45.6 Å². The van der Waals surface area contributed by atoms with Crippen LogP contribution in [0.25, 0.3) is 0 Å². The third-order valence-corrected chi connectivity index (χ3v) is 3.44. The number of Topliss-reactive ketones (excluding diaryl/α,β-unsaturated/α-hetero) is 1. The summed E-state index contributed by atoms with van der Waals surface area (Å²) in [4.78, 5) is 36.3. The van der Waals surface area contributed by atoms with Gasteiger partial charge in [0, 0.05) is 17.3 Å². The fourth-order valence-electron chi connectivity index (χ4n) is 2.23. The van der Waals surface area contributed by atoms with Crippen molar-refractivity contribution in [3.8, 4) is 0 Å². The number of nitrogens with one attached hydrogen (secondary N) is 2. The molecule has 6 nitrogen and oxygen atoms in total. The van der Waals surface area contributed by atoms with Crippen molar-refractivity contribution in [2.24, 2.45) is 0 Å². The maximum Gasteiger partial charge on any atom is 0.296 e. The number of hydrogen-bond acceptors (Lipinski definition) is 4. The minimum Gasteiger partial charge on any atom is -0.457 e. The van der Waals surface area contributed by atoms with Gasteiger partial charge in [0.05, 0.1) is 5.56 Å². The van der Waals surface area contributed by atoms with Gasteiger partial charge in [-0.2, -0.15) is 0 Å². The van der Waals surface area contributed by atoms with Gasteiger partial charge >= 0.3 is 0 Å². The van der Waals surface area contributed by atoms with E-state index in [0.717, 1.165) is 18.2 Å². The Morgan fingerprint density at radius 3 is 2.38 bits per heavy atom. The summed E-state index contributed by atoms with van der Waals surface area (Å²) in [5.74, 6) is -2.60. The van der Waals surface area contributed by atoms with Crippen molar-refractivity contribution in [3.05, 3.63) is 47.1 Å². The molecule has 0 radical (unpaired) electrons. The Morgan fingerprint density at radius 2 is 1.81 bits per heavy atom. The van der Waals surface area contributed by atoms with Crippen LogP contribution < -0.4 is 10.6 Å². The molecule has 0 aliphatic heterocycles. The number of ketones is 1. The van der Waals surface area contributed by atoms with Gasteiger partial charge in [-0.15, -0.1) is 0 Å². The lowest BCUT2D eigenvalue weighted by Crippen LogP contribution is -2.44. The summed E-state index contributed by atoms with van der Waals surface area (Å²) in [5, 5.41) is 4.91. The Bertz CT molecular complexity index is 803. The number of carbonyl (C=O) groups excluding carboxylic acids is 3. The SMILES string of the molecule is Cc1oc(C(=O)C(=O)NC(C)(C)C)cc1C(=O)NC1=CC(F)C(F)C=C1. The highest BCUT2D eigenvalue weighted by atomic mass is 19.2. The summed E-state index contributed by atoms with van der Waals surface area (Å²) >= 11 is 0. The zero-order valence-electron chi connectivity index (χ0n) is 14.9. The number of halogens is 2. The van der Waals surface area contributed by atoms with Crippen LogP contribution in [0.15, 0.2) is 34.4 Å². The first-order chi connectivity index (χ1) is 12.0. The maximum atomic E-state index is 13.3. The van der Waals surface area contributed by atoms with Crippen molar-refractivity contribution in [3.63, 3.8) is 0 Å². The van der Waals surface area contributed by atoms with E-state index in [9.17, 15) is 23.2 Å². The van der Waals surface area contributed by atoms with E-state index in [2.05, 4.69) is 10.6 Å². The Morgan fingerprint density at radius 1 is 1.15 bits per heavy atom. The summed E-state index contributed by atoms with van der Waals surface area (Å²) in [7, 11) is 0. The zero-order valence-corrected chi connectivity index (χ0v) is 14.9. The predicted octanol–water partition coefficient (Wildman–Crippen LogP) is 2.55. The van der Waals surface area contributed by atoms with Crippen molar-refractivity contribution in [1.82, 2.24) is 10.6 Å². The number of rotatable bonds is 4. The molecule has 1 aliphatic carbocycles. The van der Waals surface area contributed by atoms with Gasteiger partial charge in [-0.25, -0.2) is 8.78 Å². The number of aryl methyl sites for hydroxylation is 1. The molecular weight excluding hydrogens is 346 g/mol. The second-order valence-electron chi connectivity index (χ2n) is 6.94. The molecule has 0 aromatic carbocycles. The third-order valence-electron chi connectivity index (χ3n) is 3.44. The van der Waals surface area contributed by atoms with Crippen LogP contribution in [0, 0.1) is 6.92 Å². The van der Waals surface area contributed by atoms with Crippen molar-refractivity contribution < 1.29 is 27.6 Å². The second kappa shape index (κ2) is 7.23. The predicted molar refractivity (Wildman–Crippen MR) is 90.2 cm³/mol. The zero-order chi connectivity index (χ0) is 19.6. The van der Waals surface area contributed by atoms with Gasteiger partial charge in [0.25, 0.3) is 17.6 Å². The first-order valence-corrected chi connectivity index (χ1v) is 7.95. The molecule has 0 bridgehead atoms. The van der Waals surface area contributed by atoms with Crippen molar-refractivity contribution >= 4 is 17.6 Å². The van der Waals surface area contributed by atoms with Crippen LogP contribution >= 0.6 is 0 Å². The first kappa shape index (κ1) is 19.6. The van der Waals surface area contributed by atoms with Gasteiger partial charge in [-0.1, -0.05) is 0 Å². The quantitative estimate of drug-likeness (QED) is 0.633. The molecule has 1 aliphatic rings. The van der Waals surface area contributed by atoms with E-state index in [1.807, 2.05) is 0 Å². The Balaban J connectivity index is 2.13. The van der Waals surface area contributed by atoms with Crippen molar-refractivity contribution in [2.75, 3.05) is 0 Å². The summed E-state index contributed by atoms with van der Waals surface area (Å²) in [6, 6.07) is 1.15.